The number of hydrogen-bond acceptors (Lipinski definition) is 2. The molecule has 0 aromatic heterocycles. The summed E-state index contributed by atoms with van der Waals surface area (Å²) in [5.74, 6) is 0.269. The number of hydrogen-bond donors (Lipinski definition) is 0. The third-order valence-corrected chi connectivity index (χ3v) is 2.46. The average Bonchev–Trinajstić information content (AvgIpc) is 2.21. The maximum Gasteiger partial charge on any atom is 0.333 e. The molecule has 0 saturated heterocycles. The minimum absolute atomic E-state index is 0.257. The lowest BCUT2D eigenvalue weighted by atomic mass is 9.98. The van der Waals surface area contributed by atoms with Crippen molar-refractivity contribution in [2.75, 3.05) is 6.61 Å². The van der Waals surface area contributed by atoms with E-state index in [4.69, 9.17) is 4.74 Å². The number of unbranched alkanes of at least 4 members (excludes halogenated alkanes) is 1. The van der Waals surface area contributed by atoms with Gasteiger partial charge < -0.3 is 4.74 Å². The van der Waals surface area contributed by atoms with Gasteiger partial charge in [-0.1, -0.05) is 39.7 Å². The molecule has 0 radical (unpaired) electrons. The molecule has 0 aliphatic carbocycles. The van der Waals surface area contributed by atoms with Crippen molar-refractivity contribution in [3.8, 4) is 0 Å². The fourth-order valence-electron chi connectivity index (χ4n) is 1.53. The van der Waals surface area contributed by atoms with Crippen molar-refractivity contribution in [2.45, 2.75) is 52.9 Å². The van der Waals surface area contributed by atoms with Crippen LogP contribution in [0.5, 0.6) is 0 Å². The smallest absolute Gasteiger partial charge is 0.333 e. The highest BCUT2D eigenvalue weighted by atomic mass is 16.5. The van der Waals surface area contributed by atoms with Gasteiger partial charge in [0.25, 0.3) is 0 Å². The van der Waals surface area contributed by atoms with Gasteiger partial charge in [0, 0.05) is 5.57 Å². The highest BCUT2D eigenvalue weighted by Crippen LogP contribution is 2.15. The molecule has 0 bridgehead atoms. The van der Waals surface area contributed by atoms with Crippen LogP contribution in [0.1, 0.15) is 52.9 Å². The molecule has 15 heavy (non-hydrogen) atoms. The zero-order chi connectivity index (χ0) is 11.7. The second kappa shape index (κ2) is 8.51. The van der Waals surface area contributed by atoms with Gasteiger partial charge in [-0.3, -0.25) is 0 Å². The summed E-state index contributed by atoms with van der Waals surface area (Å²) in [6, 6.07) is 0. The number of carbonyl (C=O) groups excluding carboxylic acids is 1. The highest BCUT2D eigenvalue weighted by molar-refractivity contribution is 5.86. The summed E-state index contributed by atoms with van der Waals surface area (Å²) in [4.78, 5) is 11.2. The summed E-state index contributed by atoms with van der Waals surface area (Å²) < 4.78 is 5.18. The zero-order valence-electron chi connectivity index (χ0n) is 10.3. The first kappa shape index (κ1) is 14.2. The van der Waals surface area contributed by atoms with Gasteiger partial charge in [0.1, 0.15) is 0 Å². The summed E-state index contributed by atoms with van der Waals surface area (Å²) in [7, 11) is 0. The normalized spacial score (nSPS) is 12.2. The zero-order valence-corrected chi connectivity index (χ0v) is 10.3. The minimum Gasteiger partial charge on any atom is -0.462 e. The van der Waals surface area contributed by atoms with Gasteiger partial charge in [-0.05, 0) is 25.7 Å². The Hall–Kier alpha value is -0.790. The molecule has 0 fully saturated rings. The fraction of sp³-hybridized carbons (Fsp3) is 0.769. The van der Waals surface area contributed by atoms with Crippen LogP contribution in [0.4, 0.5) is 0 Å². The summed E-state index contributed by atoms with van der Waals surface area (Å²) in [5.41, 5.74) is 0.487. The SMILES string of the molecule is C=C(C)C(=O)OCC(CCC)CCCC. The van der Waals surface area contributed by atoms with Gasteiger partial charge in [-0.25, -0.2) is 4.79 Å². The lowest BCUT2D eigenvalue weighted by molar-refractivity contribution is -0.140. The quantitative estimate of drug-likeness (QED) is 0.453. The van der Waals surface area contributed by atoms with Crippen LogP contribution in [-0.2, 0) is 9.53 Å². The lowest BCUT2D eigenvalue weighted by Gasteiger charge is -2.15. The summed E-state index contributed by atoms with van der Waals surface area (Å²) >= 11 is 0. The van der Waals surface area contributed by atoms with Crippen molar-refractivity contribution in [1.82, 2.24) is 0 Å². The number of ether oxygens (including phenoxy) is 1. The molecule has 0 rings (SSSR count). The number of carbonyl (C=O) groups is 1. The molecule has 0 amide bonds. The maximum atomic E-state index is 11.2. The van der Waals surface area contributed by atoms with Crippen molar-refractivity contribution in [3.63, 3.8) is 0 Å². The maximum absolute atomic E-state index is 11.2. The van der Waals surface area contributed by atoms with E-state index in [0.29, 0.717) is 18.1 Å². The van der Waals surface area contributed by atoms with Crippen LogP contribution >= 0.6 is 0 Å². The standard InChI is InChI=1S/C13H24O2/c1-5-7-9-12(8-6-2)10-15-13(14)11(3)4/h12H,3,5-10H2,1-2,4H3. The molecule has 88 valence electrons. The summed E-state index contributed by atoms with van der Waals surface area (Å²) in [6.45, 7) is 10.2. The molecule has 0 saturated carbocycles. The van der Waals surface area contributed by atoms with Gasteiger partial charge in [0.15, 0.2) is 0 Å². The van der Waals surface area contributed by atoms with E-state index in [1.54, 1.807) is 6.92 Å². The first-order valence-electron chi connectivity index (χ1n) is 5.94. The molecule has 0 aliphatic heterocycles. The summed E-state index contributed by atoms with van der Waals surface area (Å²) in [5, 5.41) is 0. The van der Waals surface area contributed by atoms with E-state index in [0.717, 1.165) is 19.3 Å². The molecule has 0 spiro atoms. The lowest BCUT2D eigenvalue weighted by Crippen LogP contribution is -2.14. The van der Waals surface area contributed by atoms with E-state index < -0.39 is 0 Å². The first-order chi connectivity index (χ1) is 7.11. The molecule has 0 heterocycles. The van der Waals surface area contributed by atoms with E-state index >= 15 is 0 Å². The summed E-state index contributed by atoms with van der Waals surface area (Å²) in [6.07, 6.45) is 5.88. The van der Waals surface area contributed by atoms with Crippen LogP contribution in [0, 0.1) is 5.92 Å². The molecule has 0 aliphatic rings. The third-order valence-electron chi connectivity index (χ3n) is 2.46. The fourth-order valence-corrected chi connectivity index (χ4v) is 1.53. The second-order valence-corrected chi connectivity index (χ2v) is 4.18. The molecule has 1 atom stereocenters. The van der Waals surface area contributed by atoms with E-state index in [2.05, 4.69) is 20.4 Å². The van der Waals surface area contributed by atoms with Crippen LogP contribution in [0.15, 0.2) is 12.2 Å². The Morgan fingerprint density at radius 2 is 1.93 bits per heavy atom. The van der Waals surface area contributed by atoms with E-state index in [1.165, 1.54) is 12.8 Å². The second-order valence-electron chi connectivity index (χ2n) is 4.18. The Morgan fingerprint density at radius 3 is 2.40 bits per heavy atom. The van der Waals surface area contributed by atoms with Crippen molar-refractivity contribution in [2.24, 2.45) is 5.92 Å². The monoisotopic (exact) mass is 212 g/mol. The van der Waals surface area contributed by atoms with Gasteiger partial charge in [0.05, 0.1) is 6.61 Å². The van der Waals surface area contributed by atoms with Crippen molar-refractivity contribution >= 4 is 5.97 Å². The Bertz CT molecular complexity index is 197. The molecule has 0 aromatic rings. The molecule has 0 aromatic carbocycles. The molecule has 0 N–H and O–H groups in total. The molecule has 2 nitrogen and oxygen atoms in total. The Kier molecular flexibility index (Phi) is 8.06. The Balaban J connectivity index is 3.83. The predicted octanol–water partition coefficient (Wildman–Crippen LogP) is 3.71. The van der Waals surface area contributed by atoms with Gasteiger partial charge in [-0.2, -0.15) is 0 Å². The van der Waals surface area contributed by atoms with Crippen molar-refractivity contribution in [3.05, 3.63) is 12.2 Å². The Labute approximate surface area is 93.7 Å². The number of rotatable bonds is 8. The van der Waals surface area contributed by atoms with E-state index in [9.17, 15) is 4.79 Å². The number of esters is 1. The topological polar surface area (TPSA) is 26.3 Å². The predicted molar refractivity (Wildman–Crippen MR) is 63.7 cm³/mol. The van der Waals surface area contributed by atoms with Crippen LogP contribution in [-0.4, -0.2) is 12.6 Å². The van der Waals surface area contributed by atoms with Crippen LogP contribution < -0.4 is 0 Å². The van der Waals surface area contributed by atoms with Crippen LogP contribution in [0.3, 0.4) is 0 Å². The van der Waals surface area contributed by atoms with E-state index in [-0.39, 0.29) is 5.97 Å². The van der Waals surface area contributed by atoms with Crippen LogP contribution in [0.2, 0.25) is 0 Å². The minimum atomic E-state index is -0.257. The Morgan fingerprint density at radius 1 is 1.27 bits per heavy atom. The van der Waals surface area contributed by atoms with Crippen molar-refractivity contribution < 1.29 is 9.53 Å². The first-order valence-corrected chi connectivity index (χ1v) is 5.94. The average molecular weight is 212 g/mol. The van der Waals surface area contributed by atoms with Gasteiger partial charge >= 0.3 is 5.97 Å². The van der Waals surface area contributed by atoms with Crippen LogP contribution in [0.25, 0.3) is 0 Å². The molecule has 1 unspecified atom stereocenters. The van der Waals surface area contributed by atoms with Gasteiger partial charge in [-0.15, -0.1) is 0 Å². The molecular weight excluding hydrogens is 188 g/mol. The van der Waals surface area contributed by atoms with Crippen molar-refractivity contribution in [1.29, 1.82) is 0 Å². The highest BCUT2D eigenvalue weighted by Gasteiger charge is 2.11. The largest absolute Gasteiger partial charge is 0.462 e. The molecule has 2 heteroatoms. The molecular formula is C13H24O2. The van der Waals surface area contributed by atoms with Gasteiger partial charge in [0.2, 0.25) is 0 Å². The third kappa shape index (κ3) is 7.18. The van der Waals surface area contributed by atoms with E-state index in [1.807, 2.05) is 0 Å².